The Balaban J connectivity index is 2.63. The summed E-state index contributed by atoms with van der Waals surface area (Å²) in [5.74, 6) is 0. The number of aryl methyl sites for hydroxylation is 1. The van der Waals surface area contributed by atoms with Crippen molar-refractivity contribution in [1.82, 2.24) is 0 Å². The van der Waals surface area contributed by atoms with E-state index in [2.05, 4.69) is 65.8 Å². The van der Waals surface area contributed by atoms with Crippen LogP contribution in [-0.4, -0.2) is 0 Å². The zero-order chi connectivity index (χ0) is 13.6. The first kappa shape index (κ1) is 13.4. The van der Waals surface area contributed by atoms with Crippen LogP contribution < -0.4 is 0 Å². The second kappa shape index (κ2) is 4.26. The lowest BCUT2D eigenvalue weighted by atomic mass is 9.74. The first-order chi connectivity index (χ1) is 8.34. The van der Waals surface area contributed by atoms with Crippen LogP contribution in [0.3, 0.4) is 0 Å². The fourth-order valence-corrected chi connectivity index (χ4v) is 3.31. The Kier molecular flexibility index (Phi) is 3.17. The van der Waals surface area contributed by atoms with Crippen molar-refractivity contribution in [2.24, 2.45) is 0 Å². The molecule has 1 aromatic rings. The molecule has 0 unspecified atom stereocenters. The van der Waals surface area contributed by atoms with E-state index in [4.69, 9.17) is 0 Å². The van der Waals surface area contributed by atoms with E-state index in [0.717, 1.165) is 0 Å². The van der Waals surface area contributed by atoms with Crippen molar-refractivity contribution in [2.75, 3.05) is 0 Å². The van der Waals surface area contributed by atoms with Crippen LogP contribution in [0.2, 0.25) is 0 Å². The Hall–Kier alpha value is -1.04. The minimum atomic E-state index is 0.231. The molecule has 0 aliphatic heterocycles. The molecule has 0 radical (unpaired) electrons. The van der Waals surface area contributed by atoms with Crippen molar-refractivity contribution in [3.8, 4) is 0 Å². The standard InChI is InChI=1S/C18H26/c1-7-18(8-2)10-9-14-11-13(3)15(12-16(14)18)17(4,5)6/h9-12H,7-8H2,1-6H3. The molecular formula is C18H26. The second-order valence-electron chi connectivity index (χ2n) is 6.70. The number of allylic oxidation sites excluding steroid dienone is 1. The maximum atomic E-state index is 2.47. The average molecular weight is 242 g/mol. The van der Waals surface area contributed by atoms with Crippen LogP contribution in [0.5, 0.6) is 0 Å². The van der Waals surface area contributed by atoms with Crippen molar-refractivity contribution in [2.45, 2.75) is 65.2 Å². The first-order valence-electron chi connectivity index (χ1n) is 7.19. The number of rotatable bonds is 2. The molecule has 0 fully saturated rings. The number of fused-ring (bicyclic) bond motifs is 1. The van der Waals surface area contributed by atoms with Crippen molar-refractivity contribution in [3.05, 3.63) is 40.5 Å². The molecule has 0 amide bonds. The summed E-state index contributed by atoms with van der Waals surface area (Å²) in [6, 6.07) is 4.84. The molecule has 98 valence electrons. The smallest absolute Gasteiger partial charge is 0.0136 e. The fraction of sp³-hybridized carbons (Fsp3) is 0.556. The number of hydrogen-bond acceptors (Lipinski definition) is 0. The second-order valence-corrected chi connectivity index (χ2v) is 6.70. The molecule has 1 aliphatic carbocycles. The van der Waals surface area contributed by atoms with E-state index in [9.17, 15) is 0 Å². The highest BCUT2D eigenvalue weighted by atomic mass is 14.4. The molecule has 0 heteroatoms. The van der Waals surface area contributed by atoms with Crippen molar-refractivity contribution >= 4 is 6.08 Å². The van der Waals surface area contributed by atoms with Crippen molar-refractivity contribution in [1.29, 1.82) is 0 Å². The van der Waals surface area contributed by atoms with Gasteiger partial charge in [0.05, 0.1) is 0 Å². The van der Waals surface area contributed by atoms with Crippen LogP contribution in [-0.2, 0) is 10.8 Å². The van der Waals surface area contributed by atoms with E-state index in [1.807, 2.05) is 0 Å². The summed E-state index contributed by atoms with van der Waals surface area (Å²) in [6.07, 6.45) is 7.13. The van der Waals surface area contributed by atoms with Gasteiger partial charge in [-0.1, -0.05) is 58.9 Å². The average Bonchev–Trinajstić information content (AvgIpc) is 2.65. The minimum Gasteiger partial charge on any atom is -0.0733 e. The minimum absolute atomic E-state index is 0.231. The Morgan fingerprint density at radius 1 is 1.06 bits per heavy atom. The van der Waals surface area contributed by atoms with Gasteiger partial charge in [-0.25, -0.2) is 0 Å². The third-order valence-electron chi connectivity index (χ3n) is 4.58. The normalized spacial score (nSPS) is 17.0. The molecule has 0 nitrogen and oxygen atoms in total. The van der Waals surface area contributed by atoms with E-state index < -0.39 is 0 Å². The SMILES string of the molecule is CCC1(CC)C=Cc2cc(C)c(C(C)(C)C)cc21. The van der Waals surface area contributed by atoms with Crippen LogP contribution in [0.25, 0.3) is 6.08 Å². The van der Waals surface area contributed by atoms with Crippen LogP contribution in [0.4, 0.5) is 0 Å². The maximum Gasteiger partial charge on any atom is 0.0136 e. The molecule has 0 saturated heterocycles. The van der Waals surface area contributed by atoms with Crippen LogP contribution in [0, 0.1) is 6.92 Å². The summed E-state index contributed by atoms with van der Waals surface area (Å²) in [7, 11) is 0. The highest BCUT2D eigenvalue weighted by Gasteiger charge is 2.33. The van der Waals surface area contributed by atoms with Gasteiger partial charge in [-0.15, -0.1) is 0 Å². The molecule has 0 spiro atoms. The largest absolute Gasteiger partial charge is 0.0733 e. The lowest BCUT2D eigenvalue weighted by Gasteiger charge is -2.30. The van der Waals surface area contributed by atoms with Gasteiger partial charge in [0.15, 0.2) is 0 Å². The predicted molar refractivity (Wildman–Crippen MR) is 81.2 cm³/mol. The van der Waals surface area contributed by atoms with Gasteiger partial charge >= 0.3 is 0 Å². The lowest BCUT2D eigenvalue weighted by molar-refractivity contribution is 0.502. The number of hydrogen-bond donors (Lipinski definition) is 0. The molecule has 0 heterocycles. The molecule has 2 rings (SSSR count). The first-order valence-corrected chi connectivity index (χ1v) is 7.19. The van der Waals surface area contributed by atoms with Crippen LogP contribution in [0.15, 0.2) is 18.2 Å². The van der Waals surface area contributed by atoms with Crippen LogP contribution in [0.1, 0.15) is 69.7 Å². The molecule has 1 aliphatic rings. The molecule has 0 bridgehead atoms. The molecular weight excluding hydrogens is 216 g/mol. The van der Waals surface area contributed by atoms with E-state index in [1.54, 1.807) is 5.56 Å². The number of benzene rings is 1. The van der Waals surface area contributed by atoms with E-state index >= 15 is 0 Å². The summed E-state index contributed by atoms with van der Waals surface area (Å²) < 4.78 is 0. The van der Waals surface area contributed by atoms with Crippen LogP contribution >= 0.6 is 0 Å². The lowest BCUT2D eigenvalue weighted by Crippen LogP contribution is -2.21. The topological polar surface area (TPSA) is 0 Å². The van der Waals surface area contributed by atoms with E-state index in [0.29, 0.717) is 0 Å². The Bertz CT molecular complexity index is 479. The maximum absolute atomic E-state index is 2.47. The Morgan fingerprint density at radius 2 is 1.67 bits per heavy atom. The van der Waals surface area contributed by atoms with Gasteiger partial charge < -0.3 is 0 Å². The highest BCUT2D eigenvalue weighted by molar-refractivity contribution is 5.67. The Morgan fingerprint density at radius 3 is 2.17 bits per heavy atom. The van der Waals surface area contributed by atoms with E-state index in [-0.39, 0.29) is 10.8 Å². The quantitative estimate of drug-likeness (QED) is 0.653. The summed E-state index contributed by atoms with van der Waals surface area (Å²) >= 11 is 0. The van der Waals surface area contributed by atoms with Gasteiger partial charge in [-0.2, -0.15) is 0 Å². The summed E-state index contributed by atoms with van der Waals surface area (Å²) in [4.78, 5) is 0. The van der Waals surface area contributed by atoms with Gasteiger partial charge in [-0.3, -0.25) is 0 Å². The van der Waals surface area contributed by atoms with E-state index in [1.165, 1.54) is 29.5 Å². The molecule has 0 saturated carbocycles. The molecule has 0 N–H and O–H groups in total. The van der Waals surface area contributed by atoms with Gasteiger partial charge in [0.2, 0.25) is 0 Å². The van der Waals surface area contributed by atoms with Crippen molar-refractivity contribution in [3.63, 3.8) is 0 Å². The summed E-state index contributed by atoms with van der Waals surface area (Å²) in [5, 5.41) is 0. The zero-order valence-electron chi connectivity index (χ0n) is 12.7. The summed E-state index contributed by atoms with van der Waals surface area (Å²) in [6.45, 7) is 13.8. The summed E-state index contributed by atoms with van der Waals surface area (Å²) in [5.41, 5.74) is 6.41. The zero-order valence-corrected chi connectivity index (χ0v) is 12.7. The fourth-order valence-electron chi connectivity index (χ4n) is 3.31. The molecule has 0 aromatic heterocycles. The molecule has 18 heavy (non-hydrogen) atoms. The van der Waals surface area contributed by atoms with Gasteiger partial charge in [0.25, 0.3) is 0 Å². The van der Waals surface area contributed by atoms with Crippen molar-refractivity contribution < 1.29 is 0 Å². The monoisotopic (exact) mass is 242 g/mol. The van der Waals surface area contributed by atoms with Gasteiger partial charge in [-0.05, 0) is 47.4 Å². The highest BCUT2D eigenvalue weighted by Crippen LogP contribution is 2.43. The third-order valence-corrected chi connectivity index (χ3v) is 4.58. The third kappa shape index (κ3) is 1.92. The van der Waals surface area contributed by atoms with Gasteiger partial charge in [0.1, 0.15) is 0 Å². The van der Waals surface area contributed by atoms with Gasteiger partial charge in [0, 0.05) is 5.41 Å². The molecule has 1 aromatic carbocycles. The molecule has 0 atom stereocenters. The predicted octanol–water partition coefficient (Wildman–Crippen LogP) is 5.38. The Labute approximate surface area is 112 Å².